The Balaban J connectivity index is 1.27. The van der Waals surface area contributed by atoms with Crippen molar-refractivity contribution in [1.82, 2.24) is 9.29 Å². The summed E-state index contributed by atoms with van der Waals surface area (Å²) in [5.74, 6) is -0.172. The van der Waals surface area contributed by atoms with Gasteiger partial charge in [0.2, 0.25) is 10.0 Å². The minimum absolute atomic E-state index is 0.196. The quantitative estimate of drug-likeness (QED) is 0.213. The van der Waals surface area contributed by atoms with E-state index in [2.05, 4.69) is 22.0 Å². The van der Waals surface area contributed by atoms with Gasteiger partial charge >= 0.3 is 5.97 Å². The number of carbonyl (C=O) groups is 1. The molecule has 0 amide bonds. The average Bonchev–Trinajstić information content (AvgIpc) is 3.38. The monoisotopic (exact) mass is 583 g/mol. The Morgan fingerprint density at radius 3 is 2.31 bits per heavy atom. The Kier molecular flexibility index (Phi) is 7.62. The summed E-state index contributed by atoms with van der Waals surface area (Å²) in [5, 5.41) is 13.2. The molecule has 0 saturated carbocycles. The van der Waals surface area contributed by atoms with Crippen LogP contribution in [0.15, 0.2) is 84.9 Å². The highest BCUT2D eigenvalue weighted by Gasteiger charge is 2.26. The molecule has 1 aliphatic rings. The van der Waals surface area contributed by atoms with E-state index in [0.717, 1.165) is 49.8 Å². The highest BCUT2D eigenvalue weighted by atomic mass is 32.2. The minimum atomic E-state index is -3.23. The van der Waals surface area contributed by atoms with Crippen molar-refractivity contribution in [3.63, 3.8) is 0 Å². The van der Waals surface area contributed by atoms with Gasteiger partial charge in [0.05, 0.1) is 18.4 Å². The molecule has 0 atom stereocenters. The summed E-state index contributed by atoms with van der Waals surface area (Å²) in [4.78, 5) is 17.8. The topological polar surface area (TPSA) is 103 Å². The third kappa shape index (κ3) is 5.45. The second kappa shape index (κ2) is 11.5. The van der Waals surface area contributed by atoms with Crippen LogP contribution in [0.5, 0.6) is 5.75 Å². The molecule has 0 bridgehead atoms. The van der Waals surface area contributed by atoms with E-state index in [0.29, 0.717) is 45.6 Å². The van der Waals surface area contributed by atoms with Gasteiger partial charge in [-0.25, -0.2) is 13.2 Å². The maximum atomic E-state index is 12.3. The van der Waals surface area contributed by atoms with Crippen molar-refractivity contribution in [3.8, 4) is 16.9 Å². The fourth-order valence-corrected chi connectivity index (χ4v) is 6.76. The number of H-pyrrole nitrogens is 1. The molecule has 42 heavy (non-hydrogen) atoms. The summed E-state index contributed by atoms with van der Waals surface area (Å²) in [5.41, 5.74) is 4.62. The molecule has 0 spiro atoms. The number of ether oxygens (including phenoxy) is 1. The first kappa shape index (κ1) is 27.8. The fourth-order valence-electron chi connectivity index (χ4n) is 5.93. The number of carboxylic acids is 1. The molecule has 9 heteroatoms. The molecule has 1 saturated heterocycles. The van der Waals surface area contributed by atoms with Crippen LogP contribution in [0, 0.1) is 0 Å². The maximum Gasteiger partial charge on any atom is 0.352 e. The largest absolute Gasteiger partial charge is 0.493 e. The van der Waals surface area contributed by atoms with E-state index in [1.807, 2.05) is 72.8 Å². The SMILES string of the molecule is CS(=O)(=O)N1CCN(c2ccccc2-c2cccc3c(CCCOc4cccc5ccccc45)c(C(=O)O)[nH]c23)CC1. The van der Waals surface area contributed by atoms with E-state index in [1.54, 1.807) is 0 Å². The van der Waals surface area contributed by atoms with Crippen LogP contribution in [0.4, 0.5) is 5.69 Å². The molecule has 1 aliphatic heterocycles. The molecule has 0 aliphatic carbocycles. The maximum absolute atomic E-state index is 12.3. The number of fused-ring (bicyclic) bond motifs is 2. The second-order valence-corrected chi connectivity index (χ2v) is 12.6. The summed E-state index contributed by atoms with van der Waals surface area (Å²) < 4.78 is 31.7. The van der Waals surface area contributed by atoms with Gasteiger partial charge in [0, 0.05) is 53.8 Å². The van der Waals surface area contributed by atoms with Gasteiger partial charge in [-0.15, -0.1) is 0 Å². The summed E-state index contributed by atoms with van der Waals surface area (Å²) in [6, 6.07) is 28.0. The number of hydrogen-bond donors (Lipinski definition) is 2. The van der Waals surface area contributed by atoms with Crippen molar-refractivity contribution in [3.05, 3.63) is 96.2 Å². The fraction of sp³-hybridized carbons (Fsp3) is 0.242. The highest BCUT2D eigenvalue weighted by molar-refractivity contribution is 7.88. The lowest BCUT2D eigenvalue weighted by molar-refractivity contribution is 0.0690. The van der Waals surface area contributed by atoms with Crippen LogP contribution in [-0.2, 0) is 16.4 Å². The molecule has 1 fully saturated rings. The average molecular weight is 584 g/mol. The Hall–Kier alpha value is -4.34. The Morgan fingerprint density at radius 1 is 0.857 bits per heavy atom. The zero-order chi connectivity index (χ0) is 29.3. The van der Waals surface area contributed by atoms with Gasteiger partial charge in [0.1, 0.15) is 11.4 Å². The van der Waals surface area contributed by atoms with Gasteiger partial charge in [-0.2, -0.15) is 4.31 Å². The molecule has 6 rings (SSSR count). The van der Waals surface area contributed by atoms with Crippen molar-refractivity contribution in [2.75, 3.05) is 43.9 Å². The van der Waals surface area contributed by atoms with E-state index in [4.69, 9.17) is 4.74 Å². The van der Waals surface area contributed by atoms with Crippen molar-refractivity contribution >= 4 is 43.4 Å². The Morgan fingerprint density at radius 2 is 1.52 bits per heavy atom. The van der Waals surface area contributed by atoms with Gasteiger partial charge in [-0.05, 0) is 35.9 Å². The number of aromatic nitrogens is 1. The Bertz CT molecular complexity index is 1870. The van der Waals surface area contributed by atoms with Crippen LogP contribution in [0.3, 0.4) is 0 Å². The molecule has 0 radical (unpaired) electrons. The first-order valence-corrected chi connectivity index (χ1v) is 15.9. The normalized spacial score (nSPS) is 14.5. The van der Waals surface area contributed by atoms with Crippen LogP contribution in [-0.4, -0.2) is 67.8 Å². The number of benzene rings is 4. The number of nitrogens with one attached hydrogen (secondary N) is 1. The number of sulfonamides is 1. The van der Waals surface area contributed by atoms with Gasteiger partial charge in [0.15, 0.2) is 0 Å². The molecule has 1 aromatic heterocycles. The van der Waals surface area contributed by atoms with E-state index in [-0.39, 0.29) is 5.69 Å². The van der Waals surface area contributed by atoms with Crippen LogP contribution in [0.1, 0.15) is 22.5 Å². The van der Waals surface area contributed by atoms with Gasteiger partial charge < -0.3 is 19.7 Å². The van der Waals surface area contributed by atoms with Crippen molar-refractivity contribution in [2.24, 2.45) is 0 Å². The van der Waals surface area contributed by atoms with E-state index in [9.17, 15) is 18.3 Å². The predicted octanol–water partition coefficient (Wildman–Crippen LogP) is 5.78. The zero-order valence-corrected chi connectivity index (χ0v) is 24.2. The number of aromatic carboxylic acids is 1. The zero-order valence-electron chi connectivity index (χ0n) is 23.4. The minimum Gasteiger partial charge on any atom is -0.493 e. The van der Waals surface area contributed by atoms with Crippen molar-refractivity contribution < 1.29 is 23.1 Å². The van der Waals surface area contributed by atoms with E-state index >= 15 is 0 Å². The number of anilines is 1. The molecule has 5 aromatic rings. The number of carboxylic acid groups (broad SMARTS) is 1. The standard InChI is InChI=1S/C33H33N3O5S/c1-42(39,40)36-20-18-35(19-21-36)29-16-5-4-12-25(29)26-13-7-14-27-28(32(33(37)38)34-31(26)27)15-8-22-41-30-17-6-10-23-9-2-3-11-24(23)30/h2-7,9-14,16-17,34H,8,15,18-22H2,1H3,(H,37,38). The lowest BCUT2D eigenvalue weighted by atomic mass is 9.98. The molecule has 2 N–H and O–H groups in total. The number of nitrogens with zero attached hydrogens (tertiary/aromatic N) is 2. The number of piperazine rings is 1. The summed E-state index contributed by atoms with van der Waals surface area (Å²) in [7, 11) is -3.23. The van der Waals surface area contributed by atoms with Gasteiger partial charge in [-0.3, -0.25) is 0 Å². The number of aryl methyl sites for hydroxylation is 1. The molecular formula is C33H33N3O5S. The van der Waals surface area contributed by atoms with E-state index in [1.165, 1.54) is 10.6 Å². The lowest BCUT2D eigenvalue weighted by Crippen LogP contribution is -2.48. The Labute approximate surface area is 245 Å². The second-order valence-electron chi connectivity index (χ2n) is 10.6. The molecule has 4 aromatic carbocycles. The third-order valence-electron chi connectivity index (χ3n) is 7.98. The lowest BCUT2D eigenvalue weighted by Gasteiger charge is -2.35. The first-order valence-electron chi connectivity index (χ1n) is 14.1. The number of aromatic amines is 1. The molecule has 2 heterocycles. The van der Waals surface area contributed by atoms with Crippen LogP contribution in [0.25, 0.3) is 32.8 Å². The van der Waals surface area contributed by atoms with Gasteiger partial charge in [-0.1, -0.05) is 72.8 Å². The summed E-state index contributed by atoms with van der Waals surface area (Å²) >= 11 is 0. The smallest absolute Gasteiger partial charge is 0.352 e. The van der Waals surface area contributed by atoms with Crippen molar-refractivity contribution in [1.29, 1.82) is 0 Å². The molecule has 0 unspecified atom stereocenters. The van der Waals surface area contributed by atoms with Crippen LogP contribution in [0.2, 0.25) is 0 Å². The summed E-state index contributed by atoms with van der Waals surface area (Å²) in [6.45, 7) is 2.46. The van der Waals surface area contributed by atoms with Crippen molar-refractivity contribution in [2.45, 2.75) is 12.8 Å². The van der Waals surface area contributed by atoms with Crippen LogP contribution >= 0.6 is 0 Å². The summed E-state index contributed by atoms with van der Waals surface area (Å²) in [6.07, 6.45) is 2.45. The van der Waals surface area contributed by atoms with Crippen LogP contribution < -0.4 is 9.64 Å². The molecule has 216 valence electrons. The highest BCUT2D eigenvalue weighted by Crippen LogP contribution is 2.38. The predicted molar refractivity (Wildman–Crippen MR) is 167 cm³/mol. The van der Waals surface area contributed by atoms with E-state index < -0.39 is 16.0 Å². The van der Waals surface area contributed by atoms with Gasteiger partial charge in [0.25, 0.3) is 0 Å². The molecule has 8 nitrogen and oxygen atoms in total. The number of rotatable bonds is 9. The molecular weight excluding hydrogens is 550 g/mol. The first-order chi connectivity index (χ1) is 20.3. The number of para-hydroxylation sites is 2. The number of hydrogen-bond acceptors (Lipinski definition) is 5. The third-order valence-corrected chi connectivity index (χ3v) is 9.28.